The van der Waals surface area contributed by atoms with E-state index < -0.39 is 0 Å². The molecule has 0 aliphatic heterocycles. The molecule has 0 aliphatic carbocycles. The summed E-state index contributed by atoms with van der Waals surface area (Å²) < 4.78 is 9.64. The predicted molar refractivity (Wildman–Crippen MR) is 302 cm³/mol. The molecule has 0 aliphatic rings. The van der Waals surface area contributed by atoms with Gasteiger partial charge in [-0.3, -0.25) is 0 Å². The fourth-order valence-electron chi connectivity index (χ4n) is 10.1. The van der Waals surface area contributed by atoms with Gasteiger partial charge in [-0.25, -0.2) is 0 Å². The molecule has 0 unspecified atom stereocenters. The molecule has 11 aromatic carbocycles. The van der Waals surface area contributed by atoms with Gasteiger partial charge >= 0.3 is 0 Å². The van der Waals surface area contributed by atoms with Crippen molar-refractivity contribution in [1.82, 2.24) is 0 Å². The van der Waals surface area contributed by atoms with Gasteiger partial charge in [-0.15, -0.1) is 11.3 Å². The van der Waals surface area contributed by atoms with E-state index in [-0.39, 0.29) is 0 Å². The number of rotatable bonds is 11. The smallest absolute Gasteiger partial charge is 0.139 e. The van der Waals surface area contributed by atoms with Crippen LogP contribution in [0.25, 0.3) is 64.4 Å². The minimum Gasteiger partial charge on any atom is -0.456 e. The minimum absolute atomic E-state index is 0.784. The van der Waals surface area contributed by atoms with E-state index in [0.717, 1.165) is 84.3 Å². The Morgan fingerprint density at radius 2 is 0.676 bits per heavy atom. The molecule has 2 heterocycles. The molecule has 0 radical (unpaired) electrons. The number of para-hydroxylation sites is 3. The third kappa shape index (κ3) is 7.85. The fraction of sp³-hybridized carbons (Fsp3) is 0. The van der Waals surface area contributed by atoms with Crippen LogP contribution in [0.15, 0.2) is 277 Å². The lowest BCUT2D eigenvalue weighted by Gasteiger charge is -2.30. The van der Waals surface area contributed by atoms with Gasteiger partial charge < -0.3 is 19.1 Å². The number of thiophene rings is 1. The molecule has 0 amide bonds. The van der Waals surface area contributed by atoms with E-state index in [1.54, 1.807) is 0 Å². The van der Waals surface area contributed by atoms with Gasteiger partial charge in [-0.1, -0.05) is 164 Å². The Hall–Kier alpha value is -9.16. The molecule has 0 saturated carbocycles. The quantitative estimate of drug-likeness (QED) is 0.129. The van der Waals surface area contributed by atoms with Crippen LogP contribution in [0.3, 0.4) is 0 Å². The molecular weight excluding hydrogens is 883 g/mol. The van der Waals surface area contributed by atoms with Gasteiger partial charge in [-0.05, 0) is 125 Å². The van der Waals surface area contributed by atoms with Crippen LogP contribution in [-0.2, 0) is 0 Å². The molecule has 0 spiro atoms. The number of hydrogen-bond acceptors (Lipinski definition) is 5. The lowest BCUT2D eigenvalue weighted by atomic mass is 10.0. The average Bonchev–Trinajstić information content (AvgIpc) is 4.01. The molecule has 336 valence electrons. The van der Waals surface area contributed by atoms with E-state index in [2.05, 4.69) is 288 Å². The Balaban J connectivity index is 1.08. The number of hydrogen-bond donors (Lipinski definition) is 0. The maximum Gasteiger partial charge on any atom is 0.139 e. The van der Waals surface area contributed by atoms with Crippen LogP contribution in [-0.4, -0.2) is 0 Å². The Labute approximate surface area is 416 Å². The Bertz CT molecular complexity index is 3850. The first-order valence-electron chi connectivity index (χ1n) is 24.0. The van der Waals surface area contributed by atoms with Crippen LogP contribution >= 0.6 is 11.3 Å². The average molecular weight is 928 g/mol. The maximum atomic E-state index is 7.12. The first-order chi connectivity index (χ1) is 35.2. The molecule has 2 aromatic heterocycles. The summed E-state index contributed by atoms with van der Waals surface area (Å²) in [5, 5.41) is 4.57. The third-order valence-corrected chi connectivity index (χ3v) is 14.5. The van der Waals surface area contributed by atoms with Crippen molar-refractivity contribution < 1.29 is 4.42 Å². The zero-order valence-corrected chi connectivity index (χ0v) is 39.5. The second kappa shape index (κ2) is 18.1. The second-order valence-corrected chi connectivity index (χ2v) is 18.8. The summed E-state index contributed by atoms with van der Waals surface area (Å²) in [6.07, 6.45) is 0. The summed E-state index contributed by atoms with van der Waals surface area (Å²) in [5.41, 5.74) is 15.5. The number of benzene rings is 11. The van der Waals surface area contributed by atoms with Crippen LogP contribution in [0.1, 0.15) is 0 Å². The number of fused-ring (bicyclic) bond motifs is 6. The van der Waals surface area contributed by atoms with Gasteiger partial charge in [0.1, 0.15) is 11.2 Å². The highest BCUT2D eigenvalue weighted by Crippen LogP contribution is 2.50. The summed E-state index contributed by atoms with van der Waals surface area (Å²) >= 11 is 1.83. The second-order valence-electron chi connectivity index (χ2n) is 17.7. The molecule has 4 nitrogen and oxygen atoms in total. The Morgan fingerprint density at radius 1 is 0.254 bits per heavy atom. The number of furan rings is 1. The lowest BCUT2D eigenvalue weighted by molar-refractivity contribution is 0.669. The van der Waals surface area contributed by atoms with Gasteiger partial charge in [0.05, 0.1) is 16.8 Å². The summed E-state index contributed by atoms with van der Waals surface area (Å²) in [6.45, 7) is 0. The first-order valence-corrected chi connectivity index (χ1v) is 24.8. The van der Waals surface area contributed by atoms with Crippen molar-refractivity contribution in [3.8, 4) is 22.3 Å². The van der Waals surface area contributed by atoms with Gasteiger partial charge in [-0.2, -0.15) is 0 Å². The van der Waals surface area contributed by atoms with Crippen molar-refractivity contribution in [1.29, 1.82) is 0 Å². The van der Waals surface area contributed by atoms with Gasteiger partial charge in [0.2, 0.25) is 0 Å². The Kier molecular flexibility index (Phi) is 10.7. The Morgan fingerprint density at radius 3 is 1.24 bits per heavy atom. The van der Waals surface area contributed by atoms with Crippen LogP contribution in [0.5, 0.6) is 0 Å². The summed E-state index contributed by atoms with van der Waals surface area (Å²) in [6, 6.07) is 97.7. The molecule has 0 bridgehead atoms. The number of nitrogens with zero attached hydrogens (tertiary/aromatic N) is 3. The van der Waals surface area contributed by atoms with Gasteiger partial charge in [0, 0.05) is 71.4 Å². The van der Waals surface area contributed by atoms with Crippen LogP contribution in [0.4, 0.5) is 51.2 Å². The fourth-order valence-corrected chi connectivity index (χ4v) is 11.2. The normalized spacial score (nSPS) is 11.4. The van der Waals surface area contributed by atoms with Crippen molar-refractivity contribution >= 4 is 105 Å². The molecule has 71 heavy (non-hydrogen) atoms. The van der Waals surface area contributed by atoms with Gasteiger partial charge in [0.25, 0.3) is 0 Å². The molecule has 13 rings (SSSR count). The highest BCUT2D eigenvalue weighted by atomic mass is 32.1. The van der Waals surface area contributed by atoms with Crippen molar-refractivity contribution in [3.05, 3.63) is 273 Å². The van der Waals surface area contributed by atoms with E-state index in [9.17, 15) is 0 Å². The first kappa shape index (κ1) is 42.0. The zero-order valence-electron chi connectivity index (χ0n) is 38.6. The van der Waals surface area contributed by atoms with Crippen molar-refractivity contribution in [2.24, 2.45) is 0 Å². The predicted octanol–water partition coefficient (Wildman–Crippen LogP) is 19.7. The topological polar surface area (TPSA) is 22.9 Å². The maximum absolute atomic E-state index is 7.12. The summed E-state index contributed by atoms with van der Waals surface area (Å²) in [4.78, 5) is 7.09. The van der Waals surface area contributed by atoms with Crippen molar-refractivity contribution in [2.45, 2.75) is 0 Å². The monoisotopic (exact) mass is 927 g/mol. The van der Waals surface area contributed by atoms with E-state index in [4.69, 9.17) is 4.42 Å². The molecule has 0 saturated heterocycles. The molecule has 0 N–H and O–H groups in total. The molecule has 13 aromatic rings. The number of anilines is 9. The highest BCUT2D eigenvalue weighted by molar-refractivity contribution is 7.25. The van der Waals surface area contributed by atoms with E-state index in [1.165, 1.54) is 31.3 Å². The minimum atomic E-state index is 0.784. The lowest BCUT2D eigenvalue weighted by Crippen LogP contribution is -2.13. The molecule has 0 atom stereocenters. The molecule has 5 heteroatoms. The van der Waals surface area contributed by atoms with E-state index in [0.29, 0.717) is 0 Å². The van der Waals surface area contributed by atoms with E-state index in [1.807, 2.05) is 11.3 Å². The molecular formula is C66H45N3OS. The largest absolute Gasteiger partial charge is 0.456 e. The standard InChI is InChI=1S/C66H45N3OS/c1-6-18-46(19-7-1)48-30-34-53(35-31-48)69(54-36-32-49(33-37-54)47-20-8-2-9-21-47)61-43-57(68(52-26-14-5-15-27-52)56-38-40-59-58-28-16-17-29-64(58)71-65(59)45-56)44-63-66(61)60-42-55(39-41-62(60)70-63)67(50-22-10-3-11-23-50)51-24-12-4-13-25-51/h1-45H. The van der Waals surface area contributed by atoms with E-state index >= 15 is 0 Å². The highest BCUT2D eigenvalue weighted by Gasteiger charge is 2.25. The van der Waals surface area contributed by atoms with Crippen LogP contribution < -0.4 is 14.7 Å². The SMILES string of the molecule is c1ccc(-c2ccc(N(c3ccc(-c4ccccc4)cc3)c3cc(N(c4ccccc4)c4ccc5c(c4)sc4ccccc45)cc4oc5ccc(N(c6ccccc6)c6ccccc6)cc5c34)cc2)cc1. The zero-order chi connectivity index (χ0) is 47.1. The summed E-state index contributed by atoms with van der Waals surface area (Å²) in [7, 11) is 0. The van der Waals surface area contributed by atoms with Crippen molar-refractivity contribution in [3.63, 3.8) is 0 Å². The van der Waals surface area contributed by atoms with Crippen LogP contribution in [0.2, 0.25) is 0 Å². The third-order valence-electron chi connectivity index (χ3n) is 13.4. The van der Waals surface area contributed by atoms with Gasteiger partial charge in [0.15, 0.2) is 0 Å². The summed E-state index contributed by atoms with van der Waals surface area (Å²) in [5.74, 6) is 0. The van der Waals surface area contributed by atoms with Crippen LogP contribution in [0, 0.1) is 0 Å². The van der Waals surface area contributed by atoms with Crippen molar-refractivity contribution in [2.75, 3.05) is 14.7 Å². The molecule has 0 fully saturated rings.